The van der Waals surface area contributed by atoms with Gasteiger partial charge in [-0.3, -0.25) is 0 Å². The van der Waals surface area contributed by atoms with Gasteiger partial charge in [0.2, 0.25) is 8.32 Å². The van der Waals surface area contributed by atoms with Gasteiger partial charge in [0.15, 0.2) is 0 Å². The molecule has 0 saturated carbocycles. The molecule has 0 aromatic heterocycles. The maximum atomic E-state index is 11.3. The highest BCUT2D eigenvalue weighted by Crippen LogP contribution is 2.10. The highest BCUT2D eigenvalue weighted by atomic mass is 32.2. The Labute approximate surface area is 91.7 Å². The molecule has 0 spiro atoms. The van der Waals surface area contributed by atoms with Gasteiger partial charge >= 0.3 is 0 Å². The lowest BCUT2D eigenvalue weighted by atomic mass is 10.4. The molecule has 0 radical (unpaired) electrons. The summed E-state index contributed by atoms with van der Waals surface area (Å²) in [5.74, 6) is 0. The summed E-state index contributed by atoms with van der Waals surface area (Å²) in [6.07, 6.45) is 0. The maximum absolute atomic E-state index is 11.3. The highest BCUT2D eigenvalue weighted by molar-refractivity contribution is 7.90. The number of rotatable bonds is 4. The highest BCUT2D eigenvalue weighted by Gasteiger charge is 2.30. The van der Waals surface area contributed by atoms with Crippen LogP contribution >= 0.6 is 0 Å². The van der Waals surface area contributed by atoms with Crippen molar-refractivity contribution in [3.63, 3.8) is 0 Å². The van der Waals surface area contributed by atoms with E-state index in [-0.39, 0.29) is 0 Å². The molecule has 1 rings (SSSR count). The van der Waals surface area contributed by atoms with Crippen LogP contribution in [0.1, 0.15) is 0 Å². The fourth-order valence-corrected chi connectivity index (χ4v) is 5.19. The fourth-order valence-electron chi connectivity index (χ4n) is 1.21. The molecule has 0 aliphatic heterocycles. The van der Waals surface area contributed by atoms with Gasteiger partial charge in [-0.1, -0.05) is 36.9 Å². The lowest BCUT2D eigenvalue weighted by molar-refractivity contribution is 0.499. The molecular weight excluding hydrogens is 228 g/mol. The van der Waals surface area contributed by atoms with E-state index < -0.39 is 18.4 Å². The predicted octanol–water partition coefficient (Wildman–Crippen LogP) is 1.59. The standard InChI is InChI=1S/C10H14O3SSi/c1-4-14(11,12)13-15(2,3)10-8-6-5-7-9-10/h4-9H,1H2,2-3H3. The van der Waals surface area contributed by atoms with E-state index in [4.69, 9.17) is 3.87 Å². The van der Waals surface area contributed by atoms with E-state index in [9.17, 15) is 8.42 Å². The Morgan fingerprint density at radius 1 is 1.27 bits per heavy atom. The second-order valence-corrected chi connectivity index (χ2v) is 9.20. The molecular formula is C10H14O3SSi. The van der Waals surface area contributed by atoms with E-state index in [1.54, 1.807) is 0 Å². The summed E-state index contributed by atoms with van der Waals surface area (Å²) in [4.78, 5) is 0. The third kappa shape index (κ3) is 3.30. The summed E-state index contributed by atoms with van der Waals surface area (Å²) >= 11 is 0. The quantitative estimate of drug-likeness (QED) is 0.753. The zero-order valence-corrected chi connectivity index (χ0v) is 10.6. The predicted molar refractivity (Wildman–Crippen MR) is 63.8 cm³/mol. The molecule has 0 heterocycles. The first-order valence-electron chi connectivity index (χ1n) is 4.51. The summed E-state index contributed by atoms with van der Waals surface area (Å²) in [6.45, 7) is 6.89. The molecule has 0 N–H and O–H groups in total. The molecule has 0 fully saturated rings. The van der Waals surface area contributed by atoms with Crippen molar-refractivity contribution in [1.82, 2.24) is 0 Å². The van der Waals surface area contributed by atoms with Crippen molar-refractivity contribution in [3.05, 3.63) is 42.3 Å². The van der Waals surface area contributed by atoms with Gasteiger partial charge in [-0.25, -0.2) is 0 Å². The Morgan fingerprint density at radius 3 is 2.27 bits per heavy atom. The molecule has 3 nitrogen and oxygen atoms in total. The molecule has 15 heavy (non-hydrogen) atoms. The van der Waals surface area contributed by atoms with Crippen LogP contribution in [0.15, 0.2) is 42.3 Å². The van der Waals surface area contributed by atoms with Crippen LogP contribution in [0.3, 0.4) is 0 Å². The summed E-state index contributed by atoms with van der Waals surface area (Å²) in [6, 6.07) is 9.38. The fraction of sp³-hybridized carbons (Fsp3) is 0.200. The van der Waals surface area contributed by atoms with E-state index in [2.05, 4.69) is 6.58 Å². The SMILES string of the molecule is C=CS(=O)(=O)O[Si](C)(C)c1ccccc1. The van der Waals surface area contributed by atoms with Crippen LogP contribution < -0.4 is 5.19 Å². The Hall–Kier alpha value is -0.913. The normalized spacial score (nSPS) is 12.4. The average molecular weight is 242 g/mol. The largest absolute Gasteiger partial charge is 0.306 e. The van der Waals surface area contributed by atoms with Crippen LogP contribution in [-0.4, -0.2) is 16.7 Å². The Kier molecular flexibility index (Phi) is 3.49. The minimum absolute atomic E-state index is 0.838. The first-order valence-corrected chi connectivity index (χ1v) is 8.89. The zero-order chi connectivity index (χ0) is 11.5. The second kappa shape index (κ2) is 4.30. The Balaban J connectivity index is 3.00. The number of hydrogen-bond donors (Lipinski definition) is 0. The van der Waals surface area contributed by atoms with Gasteiger partial charge in [-0.15, -0.1) is 0 Å². The monoisotopic (exact) mass is 242 g/mol. The minimum Gasteiger partial charge on any atom is -0.306 e. The molecule has 82 valence electrons. The maximum Gasteiger partial charge on any atom is 0.280 e. The van der Waals surface area contributed by atoms with Crippen LogP contribution in [0.5, 0.6) is 0 Å². The second-order valence-electron chi connectivity index (χ2n) is 3.62. The summed E-state index contributed by atoms with van der Waals surface area (Å²) < 4.78 is 27.7. The average Bonchev–Trinajstić information content (AvgIpc) is 2.18. The summed E-state index contributed by atoms with van der Waals surface area (Å²) in [5.41, 5.74) is 0. The lowest BCUT2D eigenvalue weighted by Crippen LogP contribution is -2.45. The Morgan fingerprint density at radius 2 is 1.80 bits per heavy atom. The van der Waals surface area contributed by atoms with Gasteiger partial charge in [0.1, 0.15) is 0 Å². The molecule has 0 saturated heterocycles. The summed E-state index contributed by atoms with van der Waals surface area (Å²) in [5, 5.41) is 1.78. The molecule has 1 aromatic rings. The van der Waals surface area contributed by atoms with Gasteiger partial charge < -0.3 is 3.87 Å². The van der Waals surface area contributed by atoms with E-state index in [1.807, 2.05) is 43.4 Å². The topological polar surface area (TPSA) is 43.4 Å². The van der Waals surface area contributed by atoms with Gasteiger partial charge in [0.25, 0.3) is 10.1 Å². The first kappa shape index (κ1) is 12.2. The van der Waals surface area contributed by atoms with Crippen LogP contribution in [-0.2, 0) is 14.0 Å². The van der Waals surface area contributed by atoms with Crippen molar-refractivity contribution in [2.24, 2.45) is 0 Å². The number of hydrogen-bond acceptors (Lipinski definition) is 3. The lowest BCUT2D eigenvalue weighted by Gasteiger charge is -2.21. The van der Waals surface area contributed by atoms with E-state index in [0.29, 0.717) is 0 Å². The van der Waals surface area contributed by atoms with Crippen LogP contribution in [0, 0.1) is 0 Å². The van der Waals surface area contributed by atoms with E-state index >= 15 is 0 Å². The van der Waals surface area contributed by atoms with Gasteiger partial charge in [-0.05, 0) is 18.3 Å². The van der Waals surface area contributed by atoms with Crippen molar-refractivity contribution < 1.29 is 12.3 Å². The molecule has 0 unspecified atom stereocenters. The molecule has 1 aromatic carbocycles. The van der Waals surface area contributed by atoms with E-state index in [1.165, 1.54) is 0 Å². The Bertz CT molecular complexity index is 437. The van der Waals surface area contributed by atoms with Crippen LogP contribution in [0.4, 0.5) is 0 Å². The minimum atomic E-state index is -3.60. The zero-order valence-electron chi connectivity index (χ0n) is 8.80. The third-order valence-electron chi connectivity index (χ3n) is 2.00. The van der Waals surface area contributed by atoms with Crippen LogP contribution in [0.2, 0.25) is 13.1 Å². The van der Waals surface area contributed by atoms with Crippen molar-refractivity contribution >= 4 is 23.6 Å². The van der Waals surface area contributed by atoms with Crippen molar-refractivity contribution in [3.8, 4) is 0 Å². The molecule has 5 heteroatoms. The molecule has 0 atom stereocenters. The van der Waals surface area contributed by atoms with Crippen molar-refractivity contribution in [2.75, 3.05) is 0 Å². The van der Waals surface area contributed by atoms with E-state index in [0.717, 1.165) is 10.6 Å². The first-order chi connectivity index (χ1) is 6.87. The van der Waals surface area contributed by atoms with Crippen LogP contribution in [0.25, 0.3) is 0 Å². The van der Waals surface area contributed by atoms with Crippen molar-refractivity contribution in [1.29, 1.82) is 0 Å². The van der Waals surface area contributed by atoms with Gasteiger partial charge in [0.05, 0.1) is 0 Å². The van der Waals surface area contributed by atoms with Gasteiger partial charge in [-0.2, -0.15) is 8.42 Å². The number of benzene rings is 1. The molecule has 0 amide bonds. The molecule has 0 aliphatic rings. The third-order valence-corrected chi connectivity index (χ3v) is 6.73. The summed E-state index contributed by atoms with van der Waals surface area (Å²) in [7, 11) is -5.99. The smallest absolute Gasteiger partial charge is 0.280 e. The molecule has 0 aliphatic carbocycles. The van der Waals surface area contributed by atoms with Crippen molar-refractivity contribution in [2.45, 2.75) is 13.1 Å². The van der Waals surface area contributed by atoms with Gasteiger partial charge in [0, 0.05) is 5.41 Å². The molecule has 0 bridgehead atoms.